The van der Waals surface area contributed by atoms with E-state index in [1.165, 1.54) is 0 Å². The average Bonchev–Trinajstić information content (AvgIpc) is 2.26. The van der Waals surface area contributed by atoms with E-state index in [2.05, 4.69) is 0 Å². The third-order valence-electron chi connectivity index (χ3n) is 2.42. The molecule has 0 bridgehead atoms. The molecule has 0 saturated heterocycles. The molecule has 4 heteroatoms. The maximum Gasteiger partial charge on any atom is 0.122 e. The molecule has 0 aliphatic heterocycles. The number of ether oxygens (including phenoxy) is 1. The van der Waals surface area contributed by atoms with Crippen LogP contribution >= 0.6 is 11.6 Å². The summed E-state index contributed by atoms with van der Waals surface area (Å²) < 4.78 is 5.25. The highest BCUT2D eigenvalue weighted by Crippen LogP contribution is 2.24. The topological polar surface area (TPSA) is 61.3 Å². The summed E-state index contributed by atoms with van der Waals surface area (Å²) in [4.78, 5) is 0. The first-order valence-electron chi connectivity index (χ1n) is 4.93. The number of benzene rings is 1. The summed E-state index contributed by atoms with van der Waals surface area (Å²) in [5.74, 6) is 1.11. The van der Waals surface area contributed by atoms with Crippen LogP contribution in [0.1, 0.15) is 5.56 Å². The first-order chi connectivity index (χ1) is 7.21. The van der Waals surface area contributed by atoms with Gasteiger partial charge in [-0.2, -0.15) is 0 Å². The van der Waals surface area contributed by atoms with Crippen molar-refractivity contribution in [1.29, 1.82) is 0 Å². The second kappa shape index (κ2) is 5.95. The Morgan fingerprint density at radius 3 is 2.53 bits per heavy atom. The van der Waals surface area contributed by atoms with Crippen LogP contribution in [0.5, 0.6) is 5.75 Å². The van der Waals surface area contributed by atoms with Crippen LogP contribution < -0.4 is 16.2 Å². The molecule has 0 radical (unpaired) electrons. The van der Waals surface area contributed by atoms with Crippen molar-refractivity contribution in [1.82, 2.24) is 0 Å². The van der Waals surface area contributed by atoms with E-state index < -0.39 is 0 Å². The summed E-state index contributed by atoms with van der Waals surface area (Å²) in [6.07, 6.45) is 0.802. The van der Waals surface area contributed by atoms with Gasteiger partial charge in [-0.1, -0.05) is 11.6 Å². The lowest BCUT2D eigenvalue weighted by atomic mass is 9.99. The zero-order valence-corrected chi connectivity index (χ0v) is 9.63. The molecule has 0 aliphatic rings. The van der Waals surface area contributed by atoms with E-state index in [1.807, 2.05) is 18.2 Å². The van der Waals surface area contributed by atoms with E-state index in [-0.39, 0.29) is 5.92 Å². The van der Waals surface area contributed by atoms with Crippen LogP contribution in [-0.4, -0.2) is 20.2 Å². The third-order valence-corrected chi connectivity index (χ3v) is 2.65. The lowest BCUT2D eigenvalue weighted by Crippen LogP contribution is -2.25. The molecule has 0 amide bonds. The fraction of sp³-hybridized carbons (Fsp3) is 0.455. The number of hydrogen-bond acceptors (Lipinski definition) is 3. The lowest BCUT2D eigenvalue weighted by molar-refractivity contribution is 0.404. The van der Waals surface area contributed by atoms with E-state index >= 15 is 0 Å². The molecular formula is C11H17ClN2O. The van der Waals surface area contributed by atoms with Gasteiger partial charge in [-0.15, -0.1) is 0 Å². The molecule has 1 aromatic rings. The van der Waals surface area contributed by atoms with Crippen LogP contribution in [0.2, 0.25) is 5.02 Å². The number of hydrogen-bond donors (Lipinski definition) is 2. The fourth-order valence-electron chi connectivity index (χ4n) is 1.48. The SMILES string of the molecule is COc1ccc(Cl)cc1CC(CN)CN. The summed E-state index contributed by atoms with van der Waals surface area (Å²) in [6, 6.07) is 5.57. The molecule has 0 spiro atoms. The quantitative estimate of drug-likeness (QED) is 0.802. The maximum atomic E-state index is 5.93. The van der Waals surface area contributed by atoms with Gasteiger partial charge in [-0.05, 0) is 49.2 Å². The first kappa shape index (κ1) is 12.3. The van der Waals surface area contributed by atoms with E-state index in [4.69, 9.17) is 27.8 Å². The predicted molar refractivity (Wildman–Crippen MR) is 63.3 cm³/mol. The summed E-state index contributed by atoms with van der Waals surface area (Å²) in [5, 5.41) is 0.707. The van der Waals surface area contributed by atoms with Crippen molar-refractivity contribution >= 4 is 11.6 Å². The summed E-state index contributed by atoms with van der Waals surface area (Å²) in [6.45, 7) is 1.15. The Bertz CT molecular complexity index is 313. The highest BCUT2D eigenvalue weighted by atomic mass is 35.5. The standard InChI is InChI=1S/C11H17ClN2O/c1-15-11-3-2-10(12)5-9(11)4-8(6-13)7-14/h2-3,5,8H,4,6-7,13-14H2,1H3. The van der Waals surface area contributed by atoms with Crippen LogP contribution in [0.15, 0.2) is 18.2 Å². The molecule has 15 heavy (non-hydrogen) atoms. The Morgan fingerprint density at radius 1 is 1.33 bits per heavy atom. The number of rotatable bonds is 5. The Balaban J connectivity index is 2.86. The Labute approximate surface area is 95.4 Å². The van der Waals surface area contributed by atoms with Crippen molar-refractivity contribution in [3.63, 3.8) is 0 Å². The molecule has 0 heterocycles. The smallest absolute Gasteiger partial charge is 0.122 e. The summed E-state index contributed by atoms with van der Waals surface area (Å²) >= 11 is 5.93. The first-order valence-corrected chi connectivity index (χ1v) is 5.31. The van der Waals surface area contributed by atoms with Crippen molar-refractivity contribution in [2.45, 2.75) is 6.42 Å². The van der Waals surface area contributed by atoms with E-state index in [0.29, 0.717) is 18.1 Å². The molecule has 3 nitrogen and oxygen atoms in total. The van der Waals surface area contributed by atoms with Crippen LogP contribution in [0, 0.1) is 5.92 Å². The molecule has 0 aromatic heterocycles. The van der Waals surface area contributed by atoms with E-state index in [9.17, 15) is 0 Å². The second-order valence-corrected chi connectivity index (χ2v) is 3.93. The molecule has 0 saturated carbocycles. The molecule has 4 N–H and O–H groups in total. The third kappa shape index (κ3) is 3.38. The number of nitrogens with two attached hydrogens (primary N) is 2. The maximum absolute atomic E-state index is 5.93. The predicted octanol–water partition coefficient (Wildman–Crippen LogP) is 1.42. The van der Waals surface area contributed by atoms with Crippen LogP contribution in [0.4, 0.5) is 0 Å². The molecule has 1 aromatic carbocycles. The summed E-state index contributed by atoms with van der Waals surface area (Å²) in [7, 11) is 1.65. The molecule has 0 atom stereocenters. The van der Waals surface area contributed by atoms with Crippen molar-refractivity contribution in [3.05, 3.63) is 28.8 Å². The molecule has 0 fully saturated rings. The van der Waals surface area contributed by atoms with Gasteiger partial charge in [0.2, 0.25) is 0 Å². The number of halogens is 1. The van der Waals surface area contributed by atoms with E-state index in [1.54, 1.807) is 7.11 Å². The van der Waals surface area contributed by atoms with Crippen molar-refractivity contribution < 1.29 is 4.74 Å². The van der Waals surface area contributed by atoms with Gasteiger partial charge in [0.05, 0.1) is 7.11 Å². The van der Waals surface area contributed by atoms with Crippen molar-refractivity contribution in [2.24, 2.45) is 17.4 Å². The second-order valence-electron chi connectivity index (χ2n) is 3.50. The zero-order chi connectivity index (χ0) is 11.3. The monoisotopic (exact) mass is 228 g/mol. The van der Waals surface area contributed by atoms with Gasteiger partial charge < -0.3 is 16.2 Å². The van der Waals surface area contributed by atoms with Crippen LogP contribution in [0.25, 0.3) is 0 Å². The molecule has 0 unspecified atom stereocenters. The minimum absolute atomic E-state index is 0.275. The molecular weight excluding hydrogens is 212 g/mol. The van der Waals surface area contributed by atoms with Gasteiger partial charge in [0.15, 0.2) is 0 Å². The Morgan fingerprint density at radius 2 is 2.00 bits per heavy atom. The Kier molecular flexibility index (Phi) is 4.88. The highest BCUT2D eigenvalue weighted by Gasteiger charge is 2.10. The molecule has 84 valence electrons. The van der Waals surface area contributed by atoms with Crippen LogP contribution in [-0.2, 0) is 6.42 Å². The van der Waals surface area contributed by atoms with Gasteiger partial charge in [-0.3, -0.25) is 0 Å². The van der Waals surface area contributed by atoms with Gasteiger partial charge in [-0.25, -0.2) is 0 Å². The van der Waals surface area contributed by atoms with E-state index in [0.717, 1.165) is 17.7 Å². The molecule has 0 aliphatic carbocycles. The lowest BCUT2D eigenvalue weighted by Gasteiger charge is -2.14. The van der Waals surface area contributed by atoms with Crippen molar-refractivity contribution in [3.8, 4) is 5.75 Å². The van der Waals surface area contributed by atoms with Crippen LogP contribution in [0.3, 0.4) is 0 Å². The van der Waals surface area contributed by atoms with Gasteiger partial charge in [0.1, 0.15) is 5.75 Å². The largest absolute Gasteiger partial charge is 0.496 e. The minimum Gasteiger partial charge on any atom is -0.496 e. The molecule has 1 rings (SSSR count). The number of methoxy groups -OCH3 is 1. The average molecular weight is 229 g/mol. The summed E-state index contributed by atoms with van der Waals surface area (Å²) in [5.41, 5.74) is 12.3. The van der Waals surface area contributed by atoms with Gasteiger partial charge in [0, 0.05) is 5.02 Å². The minimum atomic E-state index is 0.275. The zero-order valence-electron chi connectivity index (χ0n) is 8.87. The van der Waals surface area contributed by atoms with Crippen molar-refractivity contribution in [2.75, 3.05) is 20.2 Å². The normalized spacial score (nSPS) is 10.7. The fourth-order valence-corrected chi connectivity index (χ4v) is 1.68. The van der Waals surface area contributed by atoms with Gasteiger partial charge in [0.25, 0.3) is 0 Å². The van der Waals surface area contributed by atoms with Gasteiger partial charge >= 0.3 is 0 Å². The Hall–Kier alpha value is -0.770. The highest BCUT2D eigenvalue weighted by molar-refractivity contribution is 6.30.